The molecule has 1 aromatic carbocycles. The molecule has 1 aromatic heterocycles. The molecule has 2 rings (SSSR count). The highest BCUT2D eigenvalue weighted by Gasteiger charge is 2.15. The summed E-state index contributed by atoms with van der Waals surface area (Å²) in [5.41, 5.74) is 7.14. The number of hydrogen-bond donors (Lipinski definition) is 1. The van der Waals surface area contributed by atoms with E-state index >= 15 is 0 Å². The van der Waals surface area contributed by atoms with Gasteiger partial charge in [0.25, 0.3) is 0 Å². The monoisotopic (exact) mass is 250 g/mol. The van der Waals surface area contributed by atoms with E-state index in [2.05, 4.69) is 4.98 Å². The van der Waals surface area contributed by atoms with Crippen molar-refractivity contribution in [3.63, 3.8) is 0 Å². The average molecular weight is 251 g/mol. The fraction of sp³-hybridized carbons (Fsp3) is 0.167. The van der Waals surface area contributed by atoms with Gasteiger partial charge in [0.1, 0.15) is 0 Å². The highest BCUT2D eigenvalue weighted by molar-refractivity contribution is 6.38. The molecule has 0 unspecified atom stereocenters. The highest BCUT2D eigenvalue weighted by atomic mass is 35.5. The van der Waals surface area contributed by atoms with Gasteiger partial charge in [0, 0.05) is 11.6 Å². The fourth-order valence-electron chi connectivity index (χ4n) is 1.56. The number of para-hydroxylation sites is 1. The first-order valence-electron chi connectivity index (χ1n) is 5.15. The molecule has 0 fully saturated rings. The smallest absolute Gasteiger partial charge is 0.341 e. The lowest BCUT2D eigenvalue weighted by molar-refractivity contribution is 0.0526. The minimum atomic E-state index is -0.477. The third kappa shape index (κ3) is 2.03. The van der Waals surface area contributed by atoms with Crippen molar-refractivity contribution in [2.75, 3.05) is 12.3 Å². The predicted molar refractivity (Wildman–Crippen MR) is 67.1 cm³/mol. The first kappa shape index (κ1) is 11.7. The molecule has 5 heteroatoms. The van der Waals surface area contributed by atoms with Crippen molar-refractivity contribution < 1.29 is 9.53 Å². The molecule has 0 amide bonds. The molecule has 17 heavy (non-hydrogen) atoms. The molecular weight excluding hydrogens is 240 g/mol. The topological polar surface area (TPSA) is 65.2 Å². The van der Waals surface area contributed by atoms with E-state index in [4.69, 9.17) is 22.1 Å². The summed E-state index contributed by atoms with van der Waals surface area (Å²) in [5.74, 6) is -0.477. The Balaban J connectivity index is 2.62. The van der Waals surface area contributed by atoms with Crippen LogP contribution in [0.2, 0.25) is 5.02 Å². The van der Waals surface area contributed by atoms with E-state index < -0.39 is 5.97 Å². The van der Waals surface area contributed by atoms with Crippen LogP contribution < -0.4 is 5.73 Å². The Bertz CT molecular complexity index is 584. The van der Waals surface area contributed by atoms with Crippen molar-refractivity contribution in [3.8, 4) is 0 Å². The number of esters is 1. The van der Waals surface area contributed by atoms with Crippen LogP contribution in [-0.4, -0.2) is 17.6 Å². The van der Waals surface area contributed by atoms with Gasteiger partial charge in [-0.05, 0) is 13.0 Å². The van der Waals surface area contributed by atoms with Gasteiger partial charge in [-0.2, -0.15) is 0 Å². The van der Waals surface area contributed by atoms with Crippen molar-refractivity contribution in [1.82, 2.24) is 4.98 Å². The van der Waals surface area contributed by atoms with Gasteiger partial charge in [0.05, 0.1) is 28.4 Å². The second-order valence-electron chi connectivity index (χ2n) is 3.45. The third-order valence-electron chi connectivity index (χ3n) is 2.36. The summed E-state index contributed by atoms with van der Waals surface area (Å²) in [6, 6.07) is 5.26. The predicted octanol–water partition coefficient (Wildman–Crippen LogP) is 2.65. The SMILES string of the molecule is CCOC(=O)c1cnc2c(N)cccc2c1Cl. The number of halogens is 1. The molecule has 88 valence electrons. The van der Waals surface area contributed by atoms with E-state index in [-0.39, 0.29) is 5.56 Å². The first-order valence-corrected chi connectivity index (χ1v) is 5.52. The summed E-state index contributed by atoms with van der Waals surface area (Å²) < 4.78 is 4.89. The van der Waals surface area contributed by atoms with Gasteiger partial charge < -0.3 is 10.5 Å². The number of pyridine rings is 1. The minimum Gasteiger partial charge on any atom is -0.462 e. The molecule has 4 nitrogen and oxygen atoms in total. The largest absolute Gasteiger partial charge is 0.462 e. The number of anilines is 1. The fourth-order valence-corrected chi connectivity index (χ4v) is 1.84. The standard InChI is InChI=1S/C12H11ClN2O2/c1-2-17-12(16)8-6-15-11-7(10(8)13)4-3-5-9(11)14/h3-6H,2,14H2,1H3. The van der Waals surface area contributed by atoms with E-state index in [0.29, 0.717) is 28.2 Å². The summed E-state index contributed by atoms with van der Waals surface area (Å²) in [4.78, 5) is 15.8. The first-order chi connectivity index (χ1) is 8.15. The van der Waals surface area contributed by atoms with E-state index in [0.717, 1.165) is 0 Å². The van der Waals surface area contributed by atoms with E-state index in [9.17, 15) is 4.79 Å². The molecule has 0 aliphatic carbocycles. The zero-order chi connectivity index (χ0) is 12.4. The number of aromatic nitrogens is 1. The Kier molecular flexibility index (Phi) is 3.15. The molecule has 0 saturated carbocycles. The maximum atomic E-state index is 11.6. The zero-order valence-corrected chi connectivity index (χ0v) is 9.99. The highest BCUT2D eigenvalue weighted by Crippen LogP contribution is 2.28. The number of ether oxygens (including phenoxy) is 1. The Hall–Kier alpha value is -1.81. The number of carbonyl (C=O) groups excluding carboxylic acids is 1. The van der Waals surface area contributed by atoms with Crippen LogP contribution in [-0.2, 0) is 4.74 Å². The zero-order valence-electron chi connectivity index (χ0n) is 9.24. The summed E-state index contributed by atoms with van der Waals surface area (Å²) in [6.07, 6.45) is 1.39. The molecular formula is C12H11ClN2O2. The van der Waals surface area contributed by atoms with Gasteiger partial charge in [-0.3, -0.25) is 4.98 Å². The van der Waals surface area contributed by atoms with Gasteiger partial charge >= 0.3 is 5.97 Å². The number of fused-ring (bicyclic) bond motifs is 1. The molecule has 0 saturated heterocycles. The maximum absolute atomic E-state index is 11.6. The van der Waals surface area contributed by atoms with Crippen molar-refractivity contribution >= 4 is 34.2 Å². The number of hydrogen-bond acceptors (Lipinski definition) is 4. The van der Waals surface area contributed by atoms with Gasteiger partial charge in [-0.15, -0.1) is 0 Å². The number of rotatable bonds is 2. The van der Waals surface area contributed by atoms with Gasteiger partial charge in [-0.1, -0.05) is 23.7 Å². The Labute approximate surface area is 103 Å². The normalized spacial score (nSPS) is 10.5. The van der Waals surface area contributed by atoms with Crippen molar-refractivity contribution in [2.24, 2.45) is 0 Å². The molecule has 0 aliphatic rings. The van der Waals surface area contributed by atoms with E-state index in [1.807, 2.05) is 0 Å². The summed E-state index contributed by atoms with van der Waals surface area (Å²) in [6.45, 7) is 2.03. The van der Waals surface area contributed by atoms with Crippen LogP contribution in [0, 0.1) is 0 Å². The Morgan fingerprint density at radius 1 is 1.53 bits per heavy atom. The number of carbonyl (C=O) groups is 1. The summed E-state index contributed by atoms with van der Waals surface area (Å²) in [5, 5.41) is 0.970. The molecule has 0 aliphatic heterocycles. The van der Waals surface area contributed by atoms with Crippen LogP contribution in [0.5, 0.6) is 0 Å². The molecule has 0 spiro atoms. The molecule has 1 heterocycles. The molecule has 0 atom stereocenters. The van der Waals surface area contributed by atoms with Crippen LogP contribution in [0.25, 0.3) is 10.9 Å². The van der Waals surface area contributed by atoms with E-state index in [1.54, 1.807) is 25.1 Å². The summed E-state index contributed by atoms with van der Waals surface area (Å²) >= 11 is 6.15. The summed E-state index contributed by atoms with van der Waals surface area (Å²) in [7, 11) is 0. The maximum Gasteiger partial charge on any atom is 0.341 e. The third-order valence-corrected chi connectivity index (χ3v) is 2.77. The van der Waals surface area contributed by atoms with Gasteiger partial charge in [0.15, 0.2) is 0 Å². The number of nitrogens with zero attached hydrogens (tertiary/aromatic N) is 1. The minimum absolute atomic E-state index is 0.256. The lowest BCUT2D eigenvalue weighted by atomic mass is 10.1. The number of nitrogens with two attached hydrogens (primary N) is 1. The number of nitrogen functional groups attached to an aromatic ring is 1. The Morgan fingerprint density at radius 2 is 2.29 bits per heavy atom. The van der Waals surface area contributed by atoms with Crippen molar-refractivity contribution in [1.29, 1.82) is 0 Å². The van der Waals surface area contributed by atoms with E-state index in [1.165, 1.54) is 6.20 Å². The lowest BCUT2D eigenvalue weighted by Gasteiger charge is -2.07. The van der Waals surface area contributed by atoms with Gasteiger partial charge in [-0.25, -0.2) is 4.79 Å². The molecule has 0 bridgehead atoms. The van der Waals surface area contributed by atoms with Crippen molar-refractivity contribution in [3.05, 3.63) is 35.0 Å². The van der Waals surface area contributed by atoms with Crippen LogP contribution in [0.15, 0.2) is 24.4 Å². The Morgan fingerprint density at radius 3 is 3.00 bits per heavy atom. The molecule has 0 radical (unpaired) electrons. The molecule has 2 aromatic rings. The second kappa shape index (κ2) is 4.59. The van der Waals surface area contributed by atoms with Crippen LogP contribution in [0.4, 0.5) is 5.69 Å². The van der Waals surface area contributed by atoms with Gasteiger partial charge in [0.2, 0.25) is 0 Å². The van der Waals surface area contributed by atoms with Crippen LogP contribution in [0.3, 0.4) is 0 Å². The van der Waals surface area contributed by atoms with Crippen molar-refractivity contribution in [2.45, 2.75) is 6.92 Å². The quantitative estimate of drug-likeness (QED) is 0.657. The lowest BCUT2D eigenvalue weighted by Crippen LogP contribution is -2.06. The average Bonchev–Trinajstić information content (AvgIpc) is 2.31. The van der Waals surface area contributed by atoms with Crippen LogP contribution >= 0.6 is 11.6 Å². The second-order valence-corrected chi connectivity index (χ2v) is 3.83. The number of benzene rings is 1. The molecule has 2 N–H and O–H groups in total. The van der Waals surface area contributed by atoms with Crippen LogP contribution in [0.1, 0.15) is 17.3 Å².